The highest BCUT2D eigenvalue weighted by Crippen LogP contribution is 2.49. The first-order valence-corrected chi connectivity index (χ1v) is 8.91. The quantitative estimate of drug-likeness (QED) is 0.718. The second kappa shape index (κ2) is 7.45. The zero-order chi connectivity index (χ0) is 17.9. The molecule has 0 spiro atoms. The van der Waals surface area contributed by atoms with Gasteiger partial charge in [0.1, 0.15) is 11.8 Å². The molecule has 0 saturated heterocycles. The predicted molar refractivity (Wildman–Crippen MR) is 97.9 cm³/mol. The summed E-state index contributed by atoms with van der Waals surface area (Å²) >= 11 is 0. The topological polar surface area (TPSA) is 38.8 Å². The van der Waals surface area contributed by atoms with Crippen molar-refractivity contribution in [2.45, 2.75) is 70.9 Å². The minimum absolute atomic E-state index is 0.145. The highest BCUT2D eigenvalue weighted by Gasteiger charge is 2.44. The summed E-state index contributed by atoms with van der Waals surface area (Å²) in [5, 5.41) is 0. The number of anilines is 1. The van der Waals surface area contributed by atoms with Crippen molar-refractivity contribution in [2.75, 3.05) is 19.1 Å². The number of carbonyl (C=O) groups excluding carboxylic acids is 1. The van der Waals surface area contributed by atoms with E-state index in [1.165, 1.54) is 12.7 Å². The van der Waals surface area contributed by atoms with Gasteiger partial charge in [0.05, 0.1) is 19.9 Å². The molecule has 0 aliphatic carbocycles. The molecule has 0 fully saturated rings. The van der Waals surface area contributed by atoms with E-state index in [1.54, 1.807) is 7.11 Å². The van der Waals surface area contributed by atoms with Crippen LogP contribution in [0.5, 0.6) is 5.75 Å². The van der Waals surface area contributed by atoms with Crippen LogP contribution in [-0.2, 0) is 9.53 Å². The van der Waals surface area contributed by atoms with E-state index in [2.05, 4.69) is 38.7 Å². The molecule has 134 valence electrons. The van der Waals surface area contributed by atoms with E-state index in [1.807, 2.05) is 12.1 Å². The van der Waals surface area contributed by atoms with Gasteiger partial charge in [-0.1, -0.05) is 38.8 Å². The van der Waals surface area contributed by atoms with E-state index >= 15 is 0 Å². The fourth-order valence-corrected chi connectivity index (χ4v) is 4.08. The number of benzene rings is 1. The second-order valence-electron chi connectivity index (χ2n) is 7.37. The molecular formula is C20H31NO3. The molecular weight excluding hydrogens is 302 g/mol. The number of methoxy groups -OCH3 is 2. The lowest BCUT2D eigenvalue weighted by molar-refractivity contribution is -0.142. The Labute approximate surface area is 146 Å². The van der Waals surface area contributed by atoms with Crippen LogP contribution < -0.4 is 9.64 Å². The first-order chi connectivity index (χ1) is 11.4. The maximum Gasteiger partial charge on any atom is 0.328 e. The van der Waals surface area contributed by atoms with Gasteiger partial charge in [-0.05, 0) is 44.2 Å². The molecule has 4 nitrogen and oxygen atoms in total. The third-order valence-corrected chi connectivity index (χ3v) is 5.10. The number of ether oxygens (including phenoxy) is 2. The molecule has 1 aromatic rings. The summed E-state index contributed by atoms with van der Waals surface area (Å²) in [7, 11) is 3.17. The van der Waals surface area contributed by atoms with Gasteiger partial charge in [-0.15, -0.1) is 0 Å². The molecule has 0 saturated carbocycles. The van der Waals surface area contributed by atoms with Gasteiger partial charge in [0.2, 0.25) is 0 Å². The van der Waals surface area contributed by atoms with Crippen LogP contribution in [0.1, 0.15) is 64.9 Å². The number of hydrogen-bond acceptors (Lipinski definition) is 4. The number of rotatable bonds is 6. The third kappa shape index (κ3) is 3.38. The van der Waals surface area contributed by atoms with Gasteiger partial charge < -0.3 is 14.4 Å². The predicted octanol–water partition coefficient (Wildman–Crippen LogP) is 4.52. The molecule has 1 aliphatic heterocycles. The van der Waals surface area contributed by atoms with Crippen LogP contribution in [-0.4, -0.2) is 31.8 Å². The molecule has 0 N–H and O–H groups in total. The SMILES string of the molecule is CCCC[C@@H](C(=O)OC)N1c2c(OC)cccc2[C@@H](C)CC1(C)C. The van der Waals surface area contributed by atoms with Crippen LogP contribution in [0, 0.1) is 0 Å². The number of unbranched alkanes of at least 4 members (excludes halogenated alkanes) is 1. The highest BCUT2D eigenvalue weighted by molar-refractivity contribution is 5.83. The monoisotopic (exact) mass is 333 g/mol. The van der Waals surface area contributed by atoms with E-state index in [9.17, 15) is 4.79 Å². The van der Waals surface area contributed by atoms with E-state index in [4.69, 9.17) is 9.47 Å². The number of hydrogen-bond donors (Lipinski definition) is 0. The van der Waals surface area contributed by atoms with Crippen LogP contribution in [0.15, 0.2) is 18.2 Å². The van der Waals surface area contributed by atoms with Gasteiger partial charge >= 0.3 is 5.97 Å². The standard InChI is InChI=1S/C20H31NO3/c1-7-8-11-16(19(22)24-6)21-18-15(10-9-12-17(18)23-5)14(2)13-20(21,3)4/h9-10,12,14,16H,7-8,11,13H2,1-6H3/t14-,16-/m0/s1. The molecule has 24 heavy (non-hydrogen) atoms. The molecule has 0 unspecified atom stereocenters. The van der Waals surface area contributed by atoms with Gasteiger partial charge in [0.15, 0.2) is 0 Å². The van der Waals surface area contributed by atoms with Crippen molar-refractivity contribution in [1.29, 1.82) is 0 Å². The summed E-state index contributed by atoms with van der Waals surface area (Å²) in [6.45, 7) is 8.81. The summed E-state index contributed by atoms with van der Waals surface area (Å²) in [5.41, 5.74) is 2.16. The van der Waals surface area contributed by atoms with Crippen LogP contribution in [0.3, 0.4) is 0 Å². The van der Waals surface area contributed by atoms with Gasteiger partial charge in [-0.25, -0.2) is 4.79 Å². The zero-order valence-corrected chi connectivity index (χ0v) is 15.9. The third-order valence-electron chi connectivity index (χ3n) is 5.10. The summed E-state index contributed by atoms with van der Waals surface area (Å²) in [6.07, 6.45) is 3.83. The van der Waals surface area contributed by atoms with E-state index in [-0.39, 0.29) is 17.6 Å². The van der Waals surface area contributed by atoms with Crippen LogP contribution in [0.4, 0.5) is 5.69 Å². The first-order valence-electron chi connectivity index (χ1n) is 8.91. The molecule has 4 heteroatoms. The Morgan fingerprint density at radius 3 is 2.67 bits per heavy atom. The molecule has 2 atom stereocenters. The number of esters is 1. The van der Waals surface area contributed by atoms with Gasteiger partial charge in [-0.2, -0.15) is 0 Å². The van der Waals surface area contributed by atoms with Gasteiger partial charge in [0.25, 0.3) is 0 Å². The van der Waals surface area contributed by atoms with Gasteiger partial charge in [0, 0.05) is 5.54 Å². The van der Waals surface area contributed by atoms with Crippen LogP contribution in [0.2, 0.25) is 0 Å². The molecule has 1 aromatic carbocycles. The fourth-order valence-electron chi connectivity index (χ4n) is 4.08. The van der Waals surface area contributed by atoms with Crippen molar-refractivity contribution in [2.24, 2.45) is 0 Å². The lowest BCUT2D eigenvalue weighted by Crippen LogP contribution is -2.56. The molecule has 0 radical (unpaired) electrons. The van der Waals surface area contributed by atoms with Crippen molar-refractivity contribution in [3.63, 3.8) is 0 Å². The van der Waals surface area contributed by atoms with E-state index in [0.29, 0.717) is 5.92 Å². The molecule has 0 amide bonds. The highest BCUT2D eigenvalue weighted by atomic mass is 16.5. The Balaban J connectivity index is 2.60. The Morgan fingerprint density at radius 1 is 1.38 bits per heavy atom. The van der Waals surface area contributed by atoms with Crippen molar-refractivity contribution in [3.05, 3.63) is 23.8 Å². The summed E-state index contributed by atoms with van der Waals surface area (Å²) in [6, 6.07) is 5.88. The summed E-state index contributed by atoms with van der Waals surface area (Å²) in [4.78, 5) is 14.8. The molecule has 0 bridgehead atoms. The van der Waals surface area contributed by atoms with E-state index < -0.39 is 0 Å². The van der Waals surface area contributed by atoms with Crippen molar-refractivity contribution in [3.8, 4) is 5.75 Å². The smallest absolute Gasteiger partial charge is 0.328 e. The Hall–Kier alpha value is -1.71. The number of fused-ring (bicyclic) bond motifs is 1. The average molecular weight is 333 g/mol. The number of carbonyl (C=O) groups is 1. The molecule has 1 heterocycles. The molecule has 2 rings (SSSR count). The Bertz CT molecular complexity index is 582. The molecule has 0 aromatic heterocycles. The largest absolute Gasteiger partial charge is 0.495 e. The van der Waals surface area contributed by atoms with Crippen molar-refractivity contribution in [1.82, 2.24) is 0 Å². The summed E-state index contributed by atoms with van der Waals surface area (Å²) < 4.78 is 10.8. The van der Waals surface area contributed by atoms with Crippen LogP contribution in [0.25, 0.3) is 0 Å². The minimum Gasteiger partial charge on any atom is -0.495 e. The summed E-state index contributed by atoms with van der Waals surface area (Å²) in [5.74, 6) is 1.09. The lowest BCUT2D eigenvalue weighted by atomic mass is 9.78. The minimum atomic E-state index is -0.285. The maximum absolute atomic E-state index is 12.6. The lowest BCUT2D eigenvalue weighted by Gasteiger charge is -2.50. The van der Waals surface area contributed by atoms with Crippen molar-refractivity contribution < 1.29 is 14.3 Å². The van der Waals surface area contributed by atoms with E-state index in [0.717, 1.165) is 37.1 Å². The van der Waals surface area contributed by atoms with Crippen molar-refractivity contribution >= 4 is 11.7 Å². The maximum atomic E-state index is 12.6. The number of para-hydroxylation sites is 1. The van der Waals surface area contributed by atoms with Crippen LogP contribution >= 0.6 is 0 Å². The Morgan fingerprint density at radius 2 is 2.08 bits per heavy atom. The van der Waals surface area contributed by atoms with Gasteiger partial charge in [-0.3, -0.25) is 0 Å². The molecule has 1 aliphatic rings. The Kier molecular flexibility index (Phi) is 5.79. The first kappa shape index (κ1) is 18.6. The number of nitrogens with zero attached hydrogens (tertiary/aromatic N) is 1. The fraction of sp³-hybridized carbons (Fsp3) is 0.650. The zero-order valence-electron chi connectivity index (χ0n) is 15.9. The normalized spacial score (nSPS) is 20.2. The second-order valence-corrected chi connectivity index (χ2v) is 7.37. The average Bonchev–Trinajstić information content (AvgIpc) is 2.55.